The molecule has 2 heterocycles. The fourth-order valence-electron chi connectivity index (χ4n) is 2.75. The first-order valence-corrected chi connectivity index (χ1v) is 8.63. The van der Waals surface area contributed by atoms with Gasteiger partial charge in [0.1, 0.15) is 13.2 Å². The van der Waals surface area contributed by atoms with Crippen molar-refractivity contribution in [1.29, 1.82) is 0 Å². The van der Waals surface area contributed by atoms with Crippen LogP contribution in [0.15, 0.2) is 47.7 Å². The van der Waals surface area contributed by atoms with E-state index in [0.29, 0.717) is 41.9 Å². The summed E-state index contributed by atoms with van der Waals surface area (Å²) in [6.07, 6.45) is 3.74. The minimum atomic E-state index is -0.655. The molecule has 25 heavy (non-hydrogen) atoms. The third-order valence-corrected chi connectivity index (χ3v) is 4.24. The molecule has 3 rings (SSSR count). The normalized spacial score (nSPS) is 14.9. The van der Waals surface area contributed by atoms with E-state index in [1.807, 2.05) is 42.9 Å². The van der Waals surface area contributed by atoms with Gasteiger partial charge in [0.05, 0.1) is 0 Å². The maximum atomic E-state index is 13.2. The Morgan fingerprint density at radius 1 is 1.28 bits per heavy atom. The Kier molecular flexibility index (Phi) is 5.28. The van der Waals surface area contributed by atoms with Gasteiger partial charge in [-0.25, -0.2) is 0 Å². The second kappa shape index (κ2) is 7.61. The number of nitrogens with zero attached hydrogens (tertiary/aromatic N) is 2. The zero-order chi connectivity index (χ0) is 17.8. The average Bonchev–Trinajstić information content (AvgIpc) is 2.62. The quantitative estimate of drug-likeness (QED) is 0.271. The summed E-state index contributed by atoms with van der Waals surface area (Å²) in [4.78, 5) is 17.5. The predicted molar refractivity (Wildman–Crippen MR) is 97.5 cm³/mol. The van der Waals surface area contributed by atoms with Crippen LogP contribution in [0, 0.1) is 6.92 Å². The van der Waals surface area contributed by atoms with Crippen LogP contribution in [0.4, 0.5) is 0 Å². The van der Waals surface area contributed by atoms with Crippen LogP contribution in [-0.2, 0) is 12.6 Å². The topological polar surface area (TPSA) is 51.8 Å². The number of pyridine rings is 1. The van der Waals surface area contributed by atoms with Gasteiger partial charge >= 0.3 is 0 Å². The van der Waals surface area contributed by atoms with Crippen LogP contribution in [0.3, 0.4) is 0 Å². The van der Waals surface area contributed by atoms with E-state index in [4.69, 9.17) is 22.1 Å². The molecule has 0 amide bonds. The summed E-state index contributed by atoms with van der Waals surface area (Å²) in [7, 11) is 0. The van der Waals surface area contributed by atoms with E-state index >= 15 is 0 Å². The summed E-state index contributed by atoms with van der Waals surface area (Å²) in [5.41, 5.74) is 1.57. The average molecular weight is 356 g/mol. The smallest absolute Gasteiger partial charge is 0.237 e. The summed E-state index contributed by atoms with van der Waals surface area (Å²) in [6, 6.07) is 8.44. The van der Waals surface area contributed by atoms with Crippen molar-refractivity contribution in [1.82, 2.24) is 0 Å². The number of aromatic nitrogens is 1. The Hall–Kier alpha value is -2.47. The van der Waals surface area contributed by atoms with Crippen molar-refractivity contribution in [3.63, 3.8) is 0 Å². The monoisotopic (exact) mass is 356 g/mol. The Balaban J connectivity index is 2.01. The van der Waals surface area contributed by atoms with Crippen LogP contribution < -0.4 is 14.0 Å². The lowest BCUT2D eigenvalue weighted by Crippen LogP contribution is -2.48. The number of rotatable bonds is 5. The second-order valence-electron chi connectivity index (χ2n) is 5.77. The van der Waals surface area contributed by atoms with Gasteiger partial charge in [-0.3, -0.25) is 4.79 Å². The first-order chi connectivity index (χ1) is 12.1. The van der Waals surface area contributed by atoms with Crippen molar-refractivity contribution in [2.24, 2.45) is 4.99 Å². The standard InChI is InChI=1S/C19H20N2O3S/c1-3-20-19(25)17(21-8-4-5-13(2)12-21)18(22)14-6-7-15-16(11-14)24-10-9-23-15/h4-8,11-12,17H,3,9-10H2,1-2H3. The fraction of sp³-hybridized carbons (Fsp3) is 0.316. The molecule has 0 aliphatic carbocycles. The van der Waals surface area contributed by atoms with Crippen LogP contribution in [0.25, 0.3) is 0 Å². The summed E-state index contributed by atoms with van der Waals surface area (Å²) in [6.45, 7) is 5.41. The molecule has 0 N–H and O–H groups in total. The van der Waals surface area contributed by atoms with Gasteiger partial charge in [0.25, 0.3) is 0 Å². The van der Waals surface area contributed by atoms with Crippen LogP contribution in [-0.4, -0.2) is 30.6 Å². The molecule has 130 valence electrons. The highest BCUT2D eigenvalue weighted by molar-refractivity contribution is 7.77. The summed E-state index contributed by atoms with van der Waals surface area (Å²) in [5, 5.41) is 0.373. The Labute approximate surface area is 152 Å². The van der Waals surface area contributed by atoms with Crippen molar-refractivity contribution in [3.05, 3.63) is 53.9 Å². The molecule has 0 saturated heterocycles. The number of benzene rings is 1. The highest BCUT2D eigenvalue weighted by Crippen LogP contribution is 2.31. The number of carbonyl (C=O) groups is 1. The first kappa shape index (κ1) is 17.4. The number of Topliss-reactive ketones (excluding diaryl/α,β-unsaturated/α-hetero) is 1. The maximum Gasteiger partial charge on any atom is 0.237 e. The molecule has 1 aliphatic heterocycles. The molecule has 1 aliphatic rings. The highest BCUT2D eigenvalue weighted by Gasteiger charge is 2.29. The number of fused-ring (bicyclic) bond motifs is 1. The van der Waals surface area contributed by atoms with Gasteiger partial charge in [0.2, 0.25) is 11.8 Å². The van der Waals surface area contributed by atoms with Gasteiger partial charge < -0.3 is 27.1 Å². The van der Waals surface area contributed by atoms with E-state index in [1.165, 1.54) is 0 Å². The first-order valence-electron chi connectivity index (χ1n) is 8.22. The lowest BCUT2D eigenvalue weighted by Gasteiger charge is -2.21. The molecule has 5 nitrogen and oxygen atoms in total. The molecule has 0 saturated carbocycles. The second-order valence-corrected chi connectivity index (χ2v) is 6.18. The number of aryl methyl sites for hydroxylation is 1. The Bertz CT molecular complexity index is 820. The molecule has 1 aromatic carbocycles. The van der Waals surface area contributed by atoms with Crippen LogP contribution in [0.1, 0.15) is 28.9 Å². The van der Waals surface area contributed by atoms with Crippen molar-refractivity contribution >= 4 is 23.5 Å². The SMILES string of the molecule is CCN=C([S-])C(C(=O)c1ccc2c(c1)OCCO2)[n+]1cccc(C)c1. The van der Waals surface area contributed by atoms with E-state index in [0.717, 1.165) is 5.56 Å². The molecule has 2 aromatic rings. The van der Waals surface area contributed by atoms with Gasteiger partial charge in [-0.05, 0) is 43.2 Å². The molecule has 1 atom stereocenters. The van der Waals surface area contributed by atoms with Crippen molar-refractivity contribution in [3.8, 4) is 11.5 Å². The largest absolute Gasteiger partial charge is 0.758 e. The van der Waals surface area contributed by atoms with E-state index in [-0.39, 0.29) is 5.78 Å². The zero-order valence-electron chi connectivity index (χ0n) is 14.3. The van der Waals surface area contributed by atoms with Crippen molar-refractivity contribution in [2.45, 2.75) is 19.9 Å². The van der Waals surface area contributed by atoms with Crippen molar-refractivity contribution in [2.75, 3.05) is 19.8 Å². The van der Waals surface area contributed by atoms with Gasteiger partial charge in [-0.2, -0.15) is 4.57 Å². The molecule has 0 fully saturated rings. The third-order valence-electron chi connectivity index (χ3n) is 3.89. The van der Waals surface area contributed by atoms with Crippen LogP contribution >= 0.6 is 0 Å². The molecular formula is C19H20N2O3S. The maximum absolute atomic E-state index is 13.2. The van der Waals surface area contributed by atoms with Gasteiger partial charge in [-0.15, -0.1) is 0 Å². The molecular weight excluding hydrogens is 336 g/mol. The number of carbonyl (C=O) groups excluding carboxylic acids is 1. The van der Waals surface area contributed by atoms with E-state index in [2.05, 4.69) is 4.99 Å². The van der Waals surface area contributed by atoms with Crippen LogP contribution in [0.2, 0.25) is 0 Å². The Morgan fingerprint density at radius 3 is 2.76 bits per heavy atom. The van der Waals surface area contributed by atoms with Crippen molar-refractivity contribution < 1.29 is 18.8 Å². The zero-order valence-corrected chi connectivity index (χ0v) is 15.1. The molecule has 6 heteroatoms. The lowest BCUT2D eigenvalue weighted by molar-refractivity contribution is -0.692. The minimum absolute atomic E-state index is 0.116. The van der Waals surface area contributed by atoms with E-state index in [1.54, 1.807) is 18.2 Å². The van der Waals surface area contributed by atoms with Gasteiger partial charge in [0, 0.05) is 23.7 Å². The number of ether oxygens (including phenoxy) is 2. The number of ketones is 1. The lowest BCUT2D eigenvalue weighted by atomic mass is 10.0. The molecule has 0 spiro atoms. The summed E-state index contributed by atoms with van der Waals surface area (Å²) < 4.78 is 12.9. The number of hydrogen-bond donors (Lipinski definition) is 0. The van der Waals surface area contributed by atoms with E-state index < -0.39 is 6.04 Å². The molecule has 0 radical (unpaired) electrons. The highest BCUT2D eigenvalue weighted by atomic mass is 32.1. The van der Waals surface area contributed by atoms with E-state index in [9.17, 15) is 4.79 Å². The molecule has 1 aromatic heterocycles. The van der Waals surface area contributed by atoms with Gasteiger partial charge in [0.15, 0.2) is 23.9 Å². The van der Waals surface area contributed by atoms with Crippen LogP contribution in [0.5, 0.6) is 11.5 Å². The summed E-state index contributed by atoms with van der Waals surface area (Å²) >= 11 is 5.43. The number of aliphatic imine (C=N–C) groups is 1. The third kappa shape index (κ3) is 3.79. The minimum Gasteiger partial charge on any atom is -0.758 e. The Morgan fingerprint density at radius 2 is 2.04 bits per heavy atom. The summed E-state index contributed by atoms with van der Waals surface area (Å²) in [5.74, 6) is 1.13. The molecule has 0 bridgehead atoms. The predicted octanol–water partition coefficient (Wildman–Crippen LogP) is 2.44. The fourth-order valence-corrected chi connectivity index (χ4v) is 3.11. The number of hydrogen-bond acceptors (Lipinski definition) is 5. The van der Waals surface area contributed by atoms with Gasteiger partial charge in [-0.1, -0.05) is 0 Å². The molecule has 1 unspecified atom stereocenters.